The summed E-state index contributed by atoms with van der Waals surface area (Å²) in [6.07, 6.45) is 11.5. The van der Waals surface area contributed by atoms with Gasteiger partial charge in [-0.15, -0.1) is 0 Å². The van der Waals surface area contributed by atoms with Crippen molar-refractivity contribution in [2.45, 2.75) is 25.3 Å². The smallest absolute Gasteiger partial charge is 0.294 e. The minimum absolute atomic E-state index is 0.0702. The molecule has 0 bridgehead atoms. The van der Waals surface area contributed by atoms with Gasteiger partial charge in [0.25, 0.3) is 11.1 Å². The molecule has 0 saturated carbocycles. The molecule has 31 heavy (non-hydrogen) atoms. The number of benzene rings is 1. The highest BCUT2D eigenvalue weighted by atomic mass is 32.2. The van der Waals surface area contributed by atoms with Crippen molar-refractivity contribution in [2.75, 3.05) is 13.1 Å². The van der Waals surface area contributed by atoms with Gasteiger partial charge in [0.15, 0.2) is 0 Å². The van der Waals surface area contributed by atoms with Crippen LogP contribution in [0.15, 0.2) is 71.9 Å². The van der Waals surface area contributed by atoms with Crippen molar-refractivity contribution >= 4 is 34.9 Å². The van der Waals surface area contributed by atoms with Crippen molar-refractivity contribution in [3.8, 4) is 0 Å². The number of carbonyl (C=O) groups excluding carboxylic acids is 3. The molecule has 1 aromatic heterocycles. The molecule has 6 nitrogen and oxygen atoms in total. The Kier molecular flexibility index (Phi) is 6.62. The van der Waals surface area contributed by atoms with Gasteiger partial charge in [-0.05, 0) is 54.3 Å². The van der Waals surface area contributed by atoms with Crippen LogP contribution in [0.2, 0.25) is 0 Å². The number of imide groups is 1. The maximum absolute atomic E-state index is 13.1. The molecule has 2 aliphatic heterocycles. The quantitative estimate of drug-likeness (QED) is 0.653. The number of amides is 3. The van der Waals surface area contributed by atoms with Crippen LogP contribution in [0.4, 0.5) is 4.79 Å². The van der Waals surface area contributed by atoms with Gasteiger partial charge in [0.1, 0.15) is 6.54 Å². The van der Waals surface area contributed by atoms with Crippen LogP contribution in [0.5, 0.6) is 0 Å². The number of likely N-dealkylation sites (tertiary alicyclic amines) is 1. The standard InChI is InChI=1S/C24H23N3O3S/c28-22(26-15-5-4-12-20(26)19-11-7-14-25-16-19)17-27-23(29)21(31-24(27)30)13-6-10-18-8-2-1-3-9-18/h1-3,6-11,13-14,16,20H,4-5,12,15,17H2. The number of allylic oxidation sites excluding steroid dienone is 2. The van der Waals surface area contributed by atoms with E-state index in [1.807, 2.05) is 48.5 Å². The third-order valence-corrected chi connectivity index (χ3v) is 6.32. The van der Waals surface area contributed by atoms with Gasteiger partial charge in [0.05, 0.1) is 10.9 Å². The van der Waals surface area contributed by atoms with Crippen LogP contribution in [0.25, 0.3) is 6.08 Å². The number of pyridine rings is 1. The fourth-order valence-corrected chi connectivity index (χ4v) is 4.63. The molecule has 0 N–H and O–H groups in total. The minimum Gasteiger partial charge on any atom is -0.334 e. The molecule has 7 heteroatoms. The predicted octanol–water partition coefficient (Wildman–Crippen LogP) is 4.43. The summed E-state index contributed by atoms with van der Waals surface area (Å²) in [5.74, 6) is -0.632. The summed E-state index contributed by atoms with van der Waals surface area (Å²) < 4.78 is 0. The van der Waals surface area contributed by atoms with Gasteiger partial charge in [0, 0.05) is 18.9 Å². The van der Waals surface area contributed by atoms with E-state index < -0.39 is 11.1 Å². The molecule has 3 heterocycles. The van der Waals surface area contributed by atoms with E-state index >= 15 is 0 Å². The Morgan fingerprint density at radius 3 is 2.74 bits per heavy atom. The molecule has 1 unspecified atom stereocenters. The van der Waals surface area contributed by atoms with Gasteiger partial charge < -0.3 is 4.90 Å². The Hall–Kier alpha value is -3.19. The second-order valence-corrected chi connectivity index (χ2v) is 8.44. The molecule has 0 radical (unpaired) electrons. The number of rotatable bonds is 5. The summed E-state index contributed by atoms with van der Waals surface area (Å²) in [5, 5.41) is -0.410. The molecule has 1 atom stereocenters. The topological polar surface area (TPSA) is 70.6 Å². The van der Waals surface area contributed by atoms with Crippen molar-refractivity contribution in [3.05, 3.63) is 83.0 Å². The maximum Gasteiger partial charge on any atom is 0.294 e. The first kappa shape index (κ1) is 21.1. The van der Waals surface area contributed by atoms with Crippen LogP contribution in [0, 0.1) is 0 Å². The highest BCUT2D eigenvalue weighted by molar-refractivity contribution is 8.18. The van der Waals surface area contributed by atoms with Crippen LogP contribution in [0.3, 0.4) is 0 Å². The third-order valence-electron chi connectivity index (χ3n) is 5.40. The van der Waals surface area contributed by atoms with Crippen LogP contribution in [0.1, 0.15) is 36.4 Å². The zero-order valence-corrected chi connectivity index (χ0v) is 17.8. The lowest BCUT2D eigenvalue weighted by molar-refractivity contribution is -0.138. The molecule has 2 aliphatic rings. The van der Waals surface area contributed by atoms with E-state index in [1.165, 1.54) is 0 Å². The molecule has 0 spiro atoms. The number of piperidine rings is 1. The Morgan fingerprint density at radius 1 is 1.13 bits per heavy atom. The first-order chi connectivity index (χ1) is 15.1. The fourth-order valence-electron chi connectivity index (χ4n) is 3.84. The molecule has 2 fully saturated rings. The van der Waals surface area contributed by atoms with Crippen LogP contribution in [-0.2, 0) is 9.59 Å². The Morgan fingerprint density at radius 2 is 1.97 bits per heavy atom. The van der Waals surface area contributed by atoms with Gasteiger partial charge in [-0.1, -0.05) is 48.6 Å². The summed E-state index contributed by atoms with van der Waals surface area (Å²) in [6, 6.07) is 13.4. The van der Waals surface area contributed by atoms with E-state index in [-0.39, 0.29) is 18.5 Å². The number of aromatic nitrogens is 1. The van der Waals surface area contributed by atoms with Crippen molar-refractivity contribution in [3.63, 3.8) is 0 Å². The Bertz CT molecular complexity index is 1020. The zero-order chi connectivity index (χ0) is 21.6. The van der Waals surface area contributed by atoms with E-state index in [4.69, 9.17) is 0 Å². The molecular weight excluding hydrogens is 410 g/mol. The van der Waals surface area contributed by atoms with Gasteiger partial charge in [0.2, 0.25) is 5.91 Å². The second kappa shape index (κ2) is 9.75. The highest BCUT2D eigenvalue weighted by Crippen LogP contribution is 2.33. The highest BCUT2D eigenvalue weighted by Gasteiger charge is 2.38. The second-order valence-electron chi connectivity index (χ2n) is 7.45. The number of thioether (sulfide) groups is 1. The molecule has 4 rings (SSSR count). The maximum atomic E-state index is 13.1. The summed E-state index contributed by atoms with van der Waals surface area (Å²) in [7, 11) is 0. The van der Waals surface area contributed by atoms with E-state index in [0.29, 0.717) is 11.4 Å². The average molecular weight is 434 g/mol. The number of hydrogen-bond donors (Lipinski definition) is 0. The van der Waals surface area contributed by atoms with Crippen LogP contribution < -0.4 is 0 Å². The molecule has 3 amide bonds. The fraction of sp³-hybridized carbons (Fsp3) is 0.250. The van der Waals surface area contributed by atoms with Crippen molar-refractivity contribution < 1.29 is 14.4 Å². The van der Waals surface area contributed by atoms with E-state index in [9.17, 15) is 14.4 Å². The van der Waals surface area contributed by atoms with Crippen molar-refractivity contribution in [2.24, 2.45) is 0 Å². The van der Waals surface area contributed by atoms with Crippen LogP contribution >= 0.6 is 11.8 Å². The lowest BCUT2D eigenvalue weighted by Gasteiger charge is -2.36. The van der Waals surface area contributed by atoms with E-state index in [2.05, 4.69) is 4.98 Å². The summed E-state index contributed by atoms with van der Waals surface area (Å²) in [4.78, 5) is 45.5. The van der Waals surface area contributed by atoms with E-state index in [0.717, 1.165) is 47.1 Å². The third kappa shape index (κ3) is 4.94. The van der Waals surface area contributed by atoms with Crippen LogP contribution in [-0.4, -0.2) is 44.9 Å². The monoisotopic (exact) mass is 433 g/mol. The first-order valence-corrected chi connectivity index (χ1v) is 11.1. The van der Waals surface area contributed by atoms with E-state index in [1.54, 1.807) is 29.4 Å². The summed E-state index contributed by atoms with van der Waals surface area (Å²) >= 11 is 0.869. The Balaban J connectivity index is 1.44. The lowest BCUT2D eigenvalue weighted by Crippen LogP contribution is -2.45. The molecule has 1 aromatic carbocycles. The largest absolute Gasteiger partial charge is 0.334 e. The van der Waals surface area contributed by atoms with Gasteiger partial charge in [-0.2, -0.15) is 0 Å². The predicted molar refractivity (Wildman–Crippen MR) is 121 cm³/mol. The normalized spacial score (nSPS) is 20.8. The zero-order valence-electron chi connectivity index (χ0n) is 17.0. The number of nitrogens with zero attached hydrogens (tertiary/aromatic N) is 3. The number of hydrogen-bond acceptors (Lipinski definition) is 5. The molecule has 0 aliphatic carbocycles. The molecule has 2 saturated heterocycles. The van der Waals surface area contributed by atoms with Crippen molar-refractivity contribution in [1.82, 2.24) is 14.8 Å². The summed E-state index contributed by atoms with van der Waals surface area (Å²) in [6.45, 7) is 0.380. The minimum atomic E-state index is -0.420. The SMILES string of the molecule is O=C1SC(=CC=Cc2ccccc2)C(=O)N1CC(=O)N1CCCCC1c1cccnc1. The number of carbonyl (C=O) groups is 3. The van der Waals surface area contributed by atoms with Gasteiger partial charge in [-0.3, -0.25) is 24.3 Å². The van der Waals surface area contributed by atoms with Gasteiger partial charge >= 0.3 is 0 Å². The summed E-state index contributed by atoms with van der Waals surface area (Å²) in [5.41, 5.74) is 1.98. The van der Waals surface area contributed by atoms with Crippen molar-refractivity contribution in [1.29, 1.82) is 0 Å². The van der Waals surface area contributed by atoms with Gasteiger partial charge in [-0.25, -0.2) is 0 Å². The Labute approximate surface area is 185 Å². The molecule has 158 valence electrons. The molecular formula is C24H23N3O3S. The first-order valence-electron chi connectivity index (χ1n) is 10.3. The molecule has 2 aromatic rings. The lowest BCUT2D eigenvalue weighted by atomic mass is 9.96. The average Bonchev–Trinajstić information content (AvgIpc) is 3.08.